The Hall–Kier alpha value is -0.120. The van der Waals surface area contributed by atoms with Crippen molar-refractivity contribution in [2.24, 2.45) is 29.4 Å². The van der Waals surface area contributed by atoms with Crippen molar-refractivity contribution in [2.75, 3.05) is 33.2 Å². The molecule has 3 nitrogen and oxygen atoms in total. The number of likely N-dealkylation sites (tertiary alicyclic amines) is 2. The Morgan fingerprint density at radius 1 is 1.10 bits per heavy atom. The number of hydrogen-bond acceptors (Lipinski definition) is 3. The van der Waals surface area contributed by atoms with E-state index in [1.807, 2.05) is 0 Å². The summed E-state index contributed by atoms with van der Waals surface area (Å²) in [5.74, 6) is 3.25. The van der Waals surface area contributed by atoms with Crippen LogP contribution in [0.3, 0.4) is 0 Å². The third-order valence-electron chi connectivity index (χ3n) is 6.63. The van der Waals surface area contributed by atoms with E-state index >= 15 is 0 Å². The number of nitrogens with two attached hydrogens (primary N) is 1. The SMILES string of the molecule is CC1CC(C)C(CN2CCC3C(CCCN3C)C2)C(N)C1. The van der Waals surface area contributed by atoms with Crippen LogP contribution in [-0.4, -0.2) is 55.1 Å². The zero-order chi connectivity index (χ0) is 15.0. The summed E-state index contributed by atoms with van der Waals surface area (Å²) in [7, 11) is 2.33. The smallest absolute Gasteiger partial charge is 0.0145 e. The summed E-state index contributed by atoms with van der Waals surface area (Å²) in [6.45, 7) is 9.97. The fraction of sp³-hybridized carbons (Fsp3) is 1.00. The van der Waals surface area contributed by atoms with Gasteiger partial charge in [-0.2, -0.15) is 0 Å². The molecule has 21 heavy (non-hydrogen) atoms. The van der Waals surface area contributed by atoms with Gasteiger partial charge >= 0.3 is 0 Å². The molecule has 0 bridgehead atoms. The highest BCUT2D eigenvalue weighted by Crippen LogP contribution is 2.35. The molecule has 122 valence electrons. The molecule has 3 fully saturated rings. The maximum atomic E-state index is 6.50. The minimum atomic E-state index is 0.426. The van der Waals surface area contributed by atoms with Crippen LogP contribution in [0.2, 0.25) is 0 Å². The zero-order valence-corrected chi connectivity index (χ0v) is 14.3. The molecule has 0 amide bonds. The molecule has 0 aromatic rings. The monoisotopic (exact) mass is 293 g/mol. The van der Waals surface area contributed by atoms with Gasteiger partial charge in [-0.1, -0.05) is 13.8 Å². The second-order valence-electron chi connectivity index (χ2n) is 8.38. The van der Waals surface area contributed by atoms with Gasteiger partial charge in [0.2, 0.25) is 0 Å². The maximum absolute atomic E-state index is 6.50. The second-order valence-corrected chi connectivity index (χ2v) is 8.38. The second kappa shape index (κ2) is 6.55. The van der Waals surface area contributed by atoms with Gasteiger partial charge in [-0.3, -0.25) is 0 Å². The molecule has 3 heteroatoms. The normalized spacial score (nSPS) is 46.3. The topological polar surface area (TPSA) is 32.5 Å². The molecule has 6 unspecified atom stereocenters. The molecule has 3 aliphatic rings. The van der Waals surface area contributed by atoms with E-state index < -0.39 is 0 Å². The summed E-state index contributed by atoms with van der Waals surface area (Å²) in [6, 6.07) is 1.28. The Morgan fingerprint density at radius 3 is 2.67 bits per heavy atom. The number of piperidine rings is 2. The van der Waals surface area contributed by atoms with Crippen molar-refractivity contribution in [3.05, 3.63) is 0 Å². The summed E-state index contributed by atoms with van der Waals surface area (Å²) in [5, 5.41) is 0. The number of hydrogen-bond donors (Lipinski definition) is 1. The minimum absolute atomic E-state index is 0.426. The Labute approximate surface area is 131 Å². The molecular weight excluding hydrogens is 258 g/mol. The van der Waals surface area contributed by atoms with Crippen molar-refractivity contribution in [3.63, 3.8) is 0 Å². The highest BCUT2D eigenvalue weighted by Gasteiger charge is 2.37. The Balaban J connectivity index is 1.56. The first kappa shape index (κ1) is 15.8. The third-order valence-corrected chi connectivity index (χ3v) is 6.63. The summed E-state index contributed by atoms with van der Waals surface area (Å²) >= 11 is 0. The van der Waals surface area contributed by atoms with E-state index in [2.05, 4.69) is 30.7 Å². The van der Waals surface area contributed by atoms with Gasteiger partial charge in [0.05, 0.1) is 0 Å². The van der Waals surface area contributed by atoms with E-state index in [0.717, 1.165) is 29.7 Å². The summed E-state index contributed by atoms with van der Waals surface area (Å²) in [6.07, 6.45) is 6.81. The van der Waals surface area contributed by atoms with Crippen LogP contribution in [0.25, 0.3) is 0 Å². The van der Waals surface area contributed by atoms with Gasteiger partial charge in [-0.15, -0.1) is 0 Å². The molecule has 2 N–H and O–H groups in total. The van der Waals surface area contributed by atoms with Crippen LogP contribution in [0.15, 0.2) is 0 Å². The van der Waals surface area contributed by atoms with Crippen molar-refractivity contribution in [2.45, 2.75) is 58.0 Å². The van der Waals surface area contributed by atoms with Crippen molar-refractivity contribution in [1.82, 2.24) is 9.80 Å². The van der Waals surface area contributed by atoms with Gasteiger partial charge in [0.25, 0.3) is 0 Å². The van der Waals surface area contributed by atoms with Gasteiger partial charge in [0, 0.05) is 25.2 Å². The van der Waals surface area contributed by atoms with E-state index in [9.17, 15) is 0 Å². The van der Waals surface area contributed by atoms with E-state index in [-0.39, 0.29) is 0 Å². The van der Waals surface area contributed by atoms with E-state index in [0.29, 0.717) is 6.04 Å². The lowest BCUT2D eigenvalue weighted by Crippen LogP contribution is -2.55. The Bertz CT molecular complexity index is 333. The van der Waals surface area contributed by atoms with E-state index in [4.69, 9.17) is 5.73 Å². The lowest BCUT2D eigenvalue weighted by atomic mass is 9.72. The lowest BCUT2D eigenvalue weighted by molar-refractivity contribution is 0.0199. The van der Waals surface area contributed by atoms with Crippen molar-refractivity contribution >= 4 is 0 Å². The van der Waals surface area contributed by atoms with Crippen LogP contribution < -0.4 is 5.73 Å². The zero-order valence-electron chi connectivity index (χ0n) is 14.3. The molecule has 0 aromatic carbocycles. The van der Waals surface area contributed by atoms with Crippen molar-refractivity contribution < 1.29 is 0 Å². The number of nitrogens with zero attached hydrogens (tertiary/aromatic N) is 2. The van der Waals surface area contributed by atoms with Crippen LogP contribution in [0.5, 0.6) is 0 Å². The van der Waals surface area contributed by atoms with Gasteiger partial charge in [0.1, 0.15) is 0 Å². The molecule has 2 aliphatic heterocycles. The molecule has 3 rings (SSSR count). The summed E-state index contributed by atoms with van der Waals surface area (Å²) in [5.41, 5.74) is 6.50. The number of rotatable bonds is 2. The standard InChI is InChI=1S/C18H35N3/c1-13-9-14(2)16(17(19)10-13)12-21-8-6-18-15(11-21)5-4-7-20(18)3/h13-18H,4-12,19H2,1-3H3. The molecular formula is C18H35N3. The van der Waals surface area contributed by atoms with Gasteiger partial charge < -0.3 is 15.5 Å². The predicted molar refractivity (Wildman–Crippen MR) is 89.2 cm³/mol. The Morgan fingerprint density at radius 2 is 1.90 bits per heavy atom. The molecule has 1 saturated carbocycles. The quantitative estimate of drug-likeness (QED) is 0.848. The first-order valence-electron chi connectivity index (χ1n) is 9.22. The highest BCUT2D eigenvalue weighted by molar-refractivity contribution is 4.92. The lowest BCUT2D eigenvalue weighted by Gasteiger charge is -2.48. The molecule has 0 aromatic heterocycles. The van der Waals surface area contributed by atoms with Crippen LogP contribution >= 0.6 is 0 Å². The average molecular weight is 293 g/mol. The molecule has 2 heterocycles. The highest BCUT2D eigenvalue weighted by atomic mass is 15.2. The van der Waals surface area contributed by atoms with Crippen LogP contribution in [0, 0.1) is 23.7 Å². The van der Waals surface area contributed by atoms with E-state index in [1.54, 1.807) is 0 Å². The molecule has 0 spiro atoms. The van der Waals surface area contributed by atoms with Crippen LogP contribution in [0.1, 0.15) is 46.0 Å². The molecule has 2 saturated heterocycles. The van der Waals surface area contributed by atoms with Gasteiger partial charge in [-0.25, -0.2) is 0 Å². The van der Waals surface area contributed by atoms with Gasteiger partial charge in [0.15, 0.2) is 0 Å². The Kier molecular flexibility index (Phi) is 4.92. The largest absolute Gasteiger partial charge is 0.327 e. The molecule has 1 aliphatic carbocycles. The number of fused-ring (bicyclic) bond motifs is 1. The average Bonchev–Trinajstić information content (AvgIpc) is 2.43. The van der Waals surface area contributed by atoms with Crippen molar-refractivity contribution in [3.8, 4) is 0 Å². The van der Waals surface area contributed by atoms with Crippen LogP contribution in [-0.2, 0) is 0 Å². The maximum Gasteiger partial charge on any atom is 0.0145 e. The third kappa shape index (κ3) is 3.46. The summed E-state index contributed by atoms with van der Waals surface area (Å²) < 4.78 is 0. The first-order chi connectivity index (χ1) is 10.0. The van der Waals surface area contributed by atoms with Crippen molar-refractivity contribution in [1.29, 1.82) is 0 Å². The summed E-state index contributed by atoms with van der Waals surface area (Å²) in [4.78, 5) is 5.36. The first-order valence-corrected chi connectivity index (χ1v) is 9.22. The molecule has 6 atom stereocenters. The minimum Gasteiger partial charge on any atom is -0.327 e. The fourth-order valence-electron chi connectivity index (χ4n) is 5.47. The van der Waals surface area contributed by atoms with Gasteiger partial charge in [-0.05, 0) is 75.9 Å². The fourth-order valence-corrected chi connectivity index (χ4v) is 5.47. The predicted octanol–water partition coefficient (Wildman–Crippen LogP) is 2.41. The molecule has 0 radical (unpaired) electrons. The van der Waals surface area contributed by atoms with E-state index in [1.165, 1.54) is 58.3 Å². The van der Waals surface area contributed by atoms with Crippen LogP contribution in [0.4, 0.5) is 0 Å².